The maximum atomic E-state index is 14.3. The summed E-state index contributed by atoms with van der Waals surface area (Å²) in [7, 11) is 0. The molecule has 0 saturated heterocycles. The van der Waals surface area contributed by atoms with Crippen LogP contribution in [-0.4, -0.2) is 11.8 Å². The largest absolute Gasteiger partial charge is 0.456 e. The van der Waals surface area contributed by atoms with Crippen molar-refractivity contribution < 1.29 is 23.1 Å². The fourth-order valence-electron chi connectivity index (χ4n) is 3.11. The van der Waals surface area contributed by atoms with Crippen molar-refractivity contribution in [2.45, 2.75) is 19.9 Å². The first kappa shape index (κ1) is 22.9. The molecule has 0 bridgehead atoms. The van der Waals surface area contributed by atoms with E-state index >= 15 is 0 Å². The average molecular weight is 439 g/mol. The highest BCUT2D eigenvalue weighted by Gasteiger charge is 2.23. The van der Waals surface area contributed by atoms with Crippen LogP contribution in [0.15, 0.2) is 60.7 Å². The number of carbonyl (C=O) groups excluding carboxylic acids is 2. The summed E-state index contributed by atoms with van der Waals surface area (Å²) in [4.78, 5) is 24.3. The molecule has 32 heavy (non-hydrogen) atoms. The van der Waals surface area contributed by atoms with Gasteiger partial charge in [-0.2, -0.15) is 0 Å². The minimum absolute atomic E-state index is 0.0561. The zero-order chi connectivity index (χ0) is 23.4. The summed E-state index contributed by atoms with van der Waals surface area (Å²) in [5.41, 5.74) is 12.4. The maximum absolute atomic E-state index is 14.3. The molecule has 166 valence electrons. The summed E-state index contributed by atoms with van der Waals surface area (Å²) in [5.74, 6) is -2.30. The quantitative estimate of drug-likeness (QED) is 0.506. The first-order chi connectivity index (χ1) is 15.2. The van der Waals surface area contributed by atoms with Crippen LogP contribution in [0.2, 0.25) is 0 Å². The van der Waals surface area contributed by atoms with Crippen LogP contribution >= 0.6 is 0 Å². The highest BCUT2D eigenvalue weighted by molar-refractivity contribution is 6.06. The van der Waals surface area contributed by atoms with Crippen LogP contribution < -0.4 is 21.5 Å². The van der Waals surface area contributed by atoms with Gasteiger partial charge in [-0.3, -0.25) is 9.59 Å². The number of para-hydroxylation sites is 1. The van der Waals surface area contributed by atoms with Gasteiger partial charge in [0.15, 0.2) is 0 Å². The van der Waals surface area contributed by atoms with E-state index in [0.717, 1.165) is 6.07 Å². The molecule has 0 aliphatic rings. The lowest BCUT2D eigenvalue weighted by Crippen LogP contribution is -2.31. The molecule has 2 atom stereocenters. The summed E-state index contributed by atoms with van der Waals surface area (Å²) in [6.45, 7) is 3.19. The molecular weight excluding hydrogens is 416 g/mol. The highest BCUT2D eigenvalue weighted by atomic mass is 19.1. The molecule has 3 aromatic rings. The van der Waals surface area contributed by atoms with E-state index in [4.69, 9.17) is 16.2 Å². The van der Waals surface area contributed by atoms with E-state index in [1.807, 2.05) is 0 Å². The van der Waals surface area contributed by atoms with Gasteiger partial charge in [0.25, 0.3) is 5.91 Å². The number of anilines is 1. The number of nitrogens with two attached hydrogens (primary N) is 2. The summed E-state index contributed by atoms with van der Waals surface area (Å²) in [6.07, 6.45) is 0. The molecule has 0 aliphatic carbocycles. The lowest BCUT2D eigenvalue weighted by molar-refractivity contribution is -0.121. The topological polar surface area (TPSA) is 107 Å². The zero-order valence-electron chi connectivity index (χ0n) is 17.6. The standard InChI is InChI=1S/C24H23F2N3O3/c1-13-11-15(25)7-10-20(13)32-21-6-4-3-5-17(21)24(31)29-16-8-9-19(26)18(12-16)22(27)14(2)23(28)30/h3-12,14,22H,27H2,1-2H3,(H2,28,30)(H,29,31). The number of hydrogen-bond donors (Lipinski definition) is 3. The smallest absolute Gasteiger partial charge is 0.259 e. The molecular formula is C24H23F2N3O3. The number of ether oxygens (including phenoxy) is 1. The maximum Gasteiger partial charge on any atom is 0.259 e. The third kappa shape index (κ3) is 5.09. The van der Waals surface area contributed by atoms with Gasteiger partial charge >= 0.3 is 0 Å². The van der Waals surface area contributed by atoms with Crippen molar-refractivity contribution >= 4 is 17.5 Å². The van der Waals surface area contributed by atoms with Crippen molar-refractivity contribution in [3.8, 4) is 11.5 Å². The second-order valence-electron chi connectivity index (χ2n) is 7.42. The molecule has 2 amide bonds. The van der Waals surface area contributed by atoms with E-state index in [2.05, 4.69) is 5.32 Å². The van der Waals surface area contributed by atoms with Gasteiger partial charge < -0.3 is 21.5 Å². The van der Waals surface area contributed by atoms with E-state index in [0.29, 0.717) is 11.3 Å². The number of halogens is 2. The lowest BCUT2D eigenvalue weighted by Gasteiger charge is -2.19. The van der Waals surface area contributed by atoms with Crippen LogP contribution in [0.3, 0.4) is 0 Å². The molecule has 5 N–H and O–H groups in total. The van der Waals surface area contributed by atoms with Crippen molar-refractivity contribution in [2.24, 2.45) is 17.4 Å². The number of aryl methyl sites for hydroxylation is 1. The number of rotatable bonds is 7. The second-order valence-corrected chi connectivity index (χ2v) is 7.42. The Morgan fingerprint density at radius 1 is 1.00 bits per heavy atom. The normalized spacial score (nSPS) is 12.7. The van der Waals surface area contributed by atoms with Gasteiger partial charge in [0, 0.05) is 17.3 Å². The van der Waals surface area contributed by atoms with Gasteiger partial charge in [0.2, 0.25) is 5.91 Å². The van der Waals surface area contributed by atoms with Gasteiger partial charge in [-0.1, -0.05) is 19.1 Å². The van der Waals surface area contributed by atoms with Gasteiger partial charge in [-0.15, -0.1) is 0 Å². The van der Waals surface area contributed by atoms with Crippen molar-refractivity contribution in [1.29, 1.82) is 0 Å². The predicted molar refractivity (Wildman–Crippen MR) is 117 cm³/mol. The van der Waals surface area contributed by atoms with Crippen LogP contribution in [0, 0.1) is 24.5 Å². The molecule has 0 fully saturated rings. The number of nitrogens with one attached hydrogen (secondary N) is 1. The molecule has 2 unspecified atom stereocenters. The molecule has 0 aliphatic heterocycles. The molecule has 8 heteroatoms. The molecule has 6 nitrogen and oxygen atoms in total. The third-order valence-electron chi connectivity index (χ3n) is 5.09. The SMILES string of the molecule is Cc1cc(F)ccc1Oc1ccccc1C(=O)Nc1ccc(F)c(C(N)C(C)C(N)=O)c1. The second kappa shape index (κ2) is 9.57. The third-order valence-corrected chi connectivity index (χ3v) is 5.09. The van der Waals surface area contributed by atoms with Crippen LogP contribution in [0.4, 0.5) is 14.5 Å². The average Bonchev–Trinajstić information content (AvgIpc) is 2.76. The monoisotopic (exact) mass is 439 g/mol. The van der Waals surface area contributed by atoms with Gasteiger partial charge in [-0.25, -0.2) is 8.78 Å². The van der Waals surface area contributed by atoms with E-state index in [1.54, 1.807) is 31.2 Å². The Morgan fingerprint density at radius 2 is 1.72 bits per heavy atom. The summed E-state index contributed by atoms with van der Waals surface area (Å²) in [6, 6.07) is 13.5. The Bertz CT molecular complexity index is 1170. The zero-order valence-corrected chi connectivity index (χ0v) is 17.6. The van der Waals surface area contributed by atoms with Crippen molar-refractivity contribution in [3.05, 3.63) is 89.0 Å². The number of hydrogen-bond acceptors (Lipinski definition) is 4. The fourth-order valence-corrected chi connectivity index (χ4v) is 3.11. The molecule has 0 saturated carbocycles. The Kier molecular flexibility index (Phi) is 6.85. The van der Waals surface area contributed by atoms with Crippen molar-refractivity contribution in [2.75, 3.05) is 5.32 Å². The Hall–Kier alpha value is -3.78. The lowest BCUT2D eigenvalue weighted by atomic mass is 9.94. The minimum Gasteiger partial charge on any atom is -0.456 e. The summed E-state index contributed by atoms with van der Waals surface area (Å²) < 4.78 is 33.5. The minimum atomic E-state index is -0.971. The van der Waals surface area contributed by atoms with Crippen LogP contribution in [0.1, 0.15) is 34.5 Å². The number of amides is 2. The molecule has 0 aromatic heterocycles. The van der Waals surface area contributed by atoms with E-state index in [1.165, 1.54) is 37.3 Å². The van der Waals surface area contributed by atoms with Crippen LogP contribution in [-0.2, 0) is 4.79 Å². The molecule has 0 heterocycles. The summed E-state index contributed by atoms with van der Waals surface area (Å²) >= 11 is 0. The molecule has 3 aromatic carbocycles. The Balaban J connectivity index is 1.85. The fraction of sp³-hybridized carbons (Fsp3) is 0.167. The van der Waals surface area contributed by atoms with Crippen LogP contribution in [0.5, 0.6) is 11.5 Å². The molecule has 0 radical (unpaired) electrons. The number of benzene rings is 3. The highest BCUT2D eigenvalue weighted by Crippen LogP contribution is 2.30. The number of primary amides is 1. The Labute approximate surface area is 184 Å². The Morgan fingerprint density at radius 3 is 2.41 bits per heavy atom. The van der Waals surface area contributed by atoms with E-state index in [-0.39, 0.29) is 22.6 Å². The van der Waals surface area contributed by atoms with E-state index < -0.39 is 35.4 Å². The molecule has 0 spiro atoms. The first-order valence-electron chi connectivity index (χ1n) is 9.86. The van der Waals surface area contributed by atoms with Gasteiger partial charge in [-0.05, 0) is 61.0 Å². The van der Waals surface area contributed by atoms with E-state index in [9.17, 15) is 18.4 Å². The van der Waals surface area contributed by atoms with Gasteiger partial charge in [0.1, 0.15) is 23.1 Å². The van der Waals surface area contributed by atoms with Gasteiger partial charge in [0.05, 0.1) is 11.5 Å². The number of carbonyl (C=O) groups is 2. The summed E-state index contributed by atoms with van der Waals surface area (Å²) in [5, 5.41) is 2.68. The van der Waals surface area contributed by atoms with Crippen molar-refractivity contribution in [3.63, 3.8) is 0 Å². The van der Waals surface area contributed by atoms with Crippen molar-refractivity contribution in [1.82, 2.24) is 0 Å². The molecule has 3 rings (SSSR count). The predicted octanol–water partition coefficient (Wildman–Crippen LogP) is 4.44. The first-order valence-corrected chi connectivity index (χ1v) is 9.86. The van der Waals surface area contributed by atoms with Crippen LogP contribution in [0.25, 0.3) is 0 Å².